The Labute approximate surface area is 109 Å². The maximum absolute atomic E-state index is 12.0. The number of pyridine rings is 2. The van der Waals surface area contributed by atoms with Crippen molar-refractivity contribution in [3.05, 3.63) is 41.9 Å². The van der Waals surface area contributed by atoms with Crippen molar-refractivity contribution in [3.8, 4) is 0 Å². The Morgan fingerprint density at radius 3 is 2.95 bits per heavy atom. The van der Waals surface area contributed by atoms with Crippen LogP contribution >= 0.6 is 0 Å². The van der Waals surface area contributed by atoms with Gasteiger partial charge in [-0.25, -0.2) is 9.31 Å². The lowest BCUT2D eigenvalue weighted by Gasteiger charge is -2.02. The molecule has 5 nitrogen and oxygen atoms in total. The van der Waals surface area contributed by atoms with Gasteiger partial charge in [0, 0.05) is 11.6 Å². The van der Waals surface area contributed by atoms with Crippen LogP contribution in [0, 0.1) is 6.92 Å². The third kappa shape index (κ3) is 1.74. The summed E-state index contributed by atoms with van der Waals surface area (Å²) >= 11 is 0. The molecule has 0 aliphatic carbocycles. The average Bonchev–Trinajstić information content (AvgIpc) is 2.75. The normalized spacial score (nSPS) is 11.1. The van der Waals surface area contributed by atoms with Gasteiger partial charge in [0.1, 0.15) is 5.56 Å². The molecule has 3 heterocycles. The van der Waals surface area contributed by atoms with Crippen molar-refractivity contribution in [2.75, 3.05) is 6.61 Å². The fraction of sp³-hybridized carbons (Fsp3) is 0.214. The van der Waals surface area contributed by atoms with Gasteiger partial charge >= 0.3 is 5.97 Å². The lowest BCUT2D eigenvalue weighted by atomic mass is 10.2. The lowest BCUT2D eigenvalue weighted by Crippen LogP contribution is -2.05. The van der Waals surface area contributed by atoms with E-state index in [1.807, 2.05) is 18.2 Å². The Morgan fingerprint density at radius 1 is 1.32 bits per heavy atom. The van der Waals surface area contributed by atoms with E-state index in [9.17, 15) is 4.79 Å². The number of hydrogen-bond acceptors (Lipinski definition) is 4. The van der Waals surface area contributed by atoms with Crippen molar-refractivity contribution >= 4 is 22.4 Å². The van der Waals surface area contributed by atoms with Gasteiger partial charge in [-0.1, -0.05) is 6.07 Å². The number of esters is 1. The number of aromatic nitrogens is 3. The van der Waals surface area contributed by atoms with Gasteiger partial charge in [-0.3, -0.25) is 4.98 Å². The van der Waals surface area contributed by atoms with Gasteiger partial charge in [0.05, 0.1) is 29.5 Å². The minimum absolute atomic E-state index is 0.335. The zero-order valence-corrected chi connectivity index (χ0v) is 10.8. The van der Waals surface area contributed by atoms with Crippen molar-refractivity contribution in [2.45, 2.75) is 13.8 Å². The topological polar surface area (TPSA) is 56.5 Å². The predicted molar refractivity (Wildman–Crippen MR) is 71.2 cm³/mol. The fourth-order valence-electron chi connectivity index (χ4n) is 2.22. The quantitative estimate of drug-likeness (QED) is 0.660. The molecule has 0 amide bonds. The molecule has 0 bridgehead atoms. The molecule has 0 saturated heterocycles. The van der Waals surface area contributed by atoms with Crippen LogP contribution in [0.1, 0.15) is 23.0 Å². The van der Waals surface area contributed by atoms with Gasteiger partial charge in [-0.2, -0.15) is 5.10 Å². The SMILES string of the molecule is CCOC(=O)c1c(C)nn2c1ccc1ccncc12. The first-order valence-electron chi connectivity index (χ1n) is 6.11. The van der Waals surface area contributed by atoms with Gasteiger partial charge in [0.15, 0.2) is 0 Å². The smallest absolute Gasteiger partial charge is 0.342 e. The molecule has 0 N–H and O–H groups in total. The van der Waals surface area contributed by atoms with Crippen molar-refractivity contribution in [3.63, 3.8) is 0 Å². The molecule has 0 aromatic carbocycles. The molecule has 0 saturated carbocycles. The second-order valence-corrected chi connectivity index (χ2v) is 4.25. The van der Waals surface area contributed by atoms with E-state index in [2.05, 4.69) is 10.1 Å². The molecule has 3 aromatic rings. The van der Waals surface area contributed by atoms with Gasteiger partial charge < -0.3 is 4.74 Å². The molecule has 0 aliphatic rings. The van der Waals surface area contributed by atoms with E-state index in [1.165, 1.54) is 0 Å². The van der Waals surface area contributed by atoms with Gasteiger partial charge in [-0.05, 0) is 26.0 Å². The highest BCUT2D eigenvalue weighted by Crippen LogP contribution is 2.21. The van der Waals surface area contributed by atoms with Crippen molar-refractivity contribution in [1.82, 2.24) is 14.6 Å². The Bertz CT molecular complexity index is 777. The van der Waals surface area contributed by atoms with Crippen LogP contribution in [0.15, 0.2) is 30.6 Å². The monoisotopic (exact) mass is 255 g/mol. The summed E-state index contributed by atoms with van der Waals surface area (Å²) in [5.74, 6) is -0.335. The minimum Gasteiger partial charge on any atom is -0.462 e. The van der Waals surface area contributed by atoms with E-state index in [-0.39, 0.29) is 5.97 Å². The molecule has 3 aromatic heterocycles. The second-order valence-electron chi connectivity index (χ2n) is 4.25. The second kappa shape index (κ2) is 4.35. The summed E-state index contributed by atoms with van der Waals surface area (Å²) in [5.41, 5.74) is 2.80. The summed E-state index contributed by atoms with van der Waals surface area (Å²) in [5, 5.41) is 5.45. The highest BCUT2D eigenvalue weighted by atomic mass is 16.5. The summed E-state index contributed by atoms with van der Waals surface area (Å²) in [6, 6.07) is 5.75. The van der Waals surface area contributed by atoms with E-state index in [1.54, 1.807) is 30.8 Å². The van der Waals surface area contributed by atoms with Crippen LogP contribution in [0.3, 0.4) is 0 Å². The number of carbonyl (C=O) groups excluding carboxylic acids is 1. The molecule has 0 atom stereocenters. The first kappa shape index (κ1) is 11.6. The summed E-state index contributed by atoms with van der Waals surface area (Å²) in [4.78, 5) is 16.1. The van der Waals surface area contributed by atoms with Crippen molar-refractivity contribution < 1.29 is 9.53 Å². The molecule has 0 radical (unpaired) electrons. The van der Waals surface area contributed by atoms with Crippen LogP contribution in [0.4, 0.5) is 0 Å². The summed E-state index contributed by atoms with van der Waals surface area (Å²) in [6.45, 7) is 3.95. The molecule has 0 fully saturated rings. The van der Waals surface area contributed by atoms with Crippen molar-refractivity contribution in [2.24, 2.45) is 0 Å². The first-order valence-corrected chi connectivity index (χ1v) is 6.11. The zero-order chi connectivity index (χ0) is 13.4. The zero-order valence-electron chi connectivity index (χ0n) is 10.8. The Balaban J connectivity index is 2.33. The van der Waals surface area contributed by atoms with E-state index in [0.717, 1.165) is 16.4 Å². The largest absolute Gasteiger partial charge is 0.462 e. The van der Waals surface area contributed by atoms with Crippen LogP contribution in [0.2, 0.25) is 0 Å². The van der Waals surface area contributed by atoms with Gasteiger partial charge in [0.25, 0.3) is 0 Å². The Hall–Kier alpha value is -2.43. The number of aryl methyl sites for hydroxylation is 1. The van der Waals surface area contributed by atoms with Crippen LogP contribution < -0.4 is 0 Å². The predicted octanol–water partition coefficient (Wildman–Crippen LogP) is 2.37. The minimum atomic E-state index is -0.335. The third-order valence-electron chi connectivity index (χ3n) is 3.06. The van der Waals surface area contributed by atoms with E-state index in [0.29, 0.717) is 17.9 Å². The summed E-state index contributed by atoms with van der Waals surface area (Å²) in [6.07, 6.45) is 3.47. The highest BCUT2D eigenvalue weighted by molar-refractivity contribution is 5.99. The summed E-state index contributed by atoms with van der Waals surface area (Å²) in [7, 11) is 0. The molecule has 3 rings (SSSR count). The molecular formula is C14H13N3O2. The molecular weight excluding hydrogens is 242 g/mol. The standard InChI is InChI=1S/C14H13N3O2/c1-3-19-14(18)13-9(2)16-17-11(13)5-4-10-6-7-15-8-12(10)17/h4-8H,3H2,1-2H3. The third-order valence-corrected chi connectivity index (χ3v) is 3.06. The maximum Gasteiger partial charge on any atom is 0.342 e. The van der Waals surface area contributed by atoms with Gasteiger partial charge in [-0.15, -0.1) is 0 Å². The van der Waals surface area contributed by atoms with Crippen LogP contribution in [0.25, 0.3) is 16.4 Å². The number of nitrogens with zero attached hydrogens (tertiary/aromatic N) is 3. The fourth-order valence-corrected chi connectivity index (χ4v) is 2.22. The molecule has 0 aliphatic heterocycles. The summed E-state index contributed by atoms with van der Waals surface area (Å²) < 4.78 is 6.82. The molecule has 5 heteroatoms. The number of ether oxygens (including phenoxy) is 1. The Kier molecular flexibility index (Phi) is 2.67. The lowest BCUT2D eigenvalue weighted by molar-refractivity contribution is 0.0528. The highest BCUT2D eigenvalue weighted by Gasteiger charge is 2.19. The number of carbonyl (C=O) groups is 1. The molecule has 0 unspecified atom stereocenters. The molecule has 0 spiro atoms. The van der Waals surface area contributed by atoms with Crippen LogP contribution in [0.5, 0.6) is 0 Å². The molecule has 19 heavy (non-hydrogen) atoms. The van der Waals surface area contributed by atoms with Crippen molar-refractivity contribution in [1.29, 1.82) is 0 Å². The number of hydrogen-bond donors (Lipinski definition) is 0. The van der Waals surface area contributed by atoms with Crippen LogP contribution in [-0.4, -0.2) is 27.2 Å². The van der Waals surface area contributed by atoms with E-state index < -0.39 is 0 Å². The Morgan fingerprint density at radius 2 is 2.16 bits per heavy atom. The average molecular weight is 255 g/mol. The number of rotatable bonds is 2. The molecule has 96 valence electrons. The van der Waals surface area contributed by atoms with Crippen LogP contribution in [-0.2, 0) is 4.74 Å². The van der Waals surface area contributed by atoms with Gasteiger partial charge in [0.2, 0.25) is 0 Å². The van der Waals surface area contributed by atoms with E-state index in [4.69, 9.17) is 4.74 Å². The number of fused-ring (bicyclic) bond motifs is 3. The van der Waals surface area contributed by atoms with E-state index >= 15 is 0 Å². The maximum atomic E-state index is 12.0. The first-order chi connectivity index (χ1) is 9.22.